The van der Waals surface area contributed by atoms with Gasteiger partial charge in [-0.15, -0.1) is 0 Å². The van der Waals surface area contributed by atoms with Crippen molar-refractivity contribution in [2.24, 2.45) is 0 Å². The van der Waals surface area contributed by atoms with E-state index in [-0.39, 0.29) is 5.76 Å². The molecule has 0 spiro atoms. The van der Waals surface area contributed by atoms with Crippen LogP contribution in [0.5, 0.6) is 0 Å². The number of ether oxygens (including phenoxy) is 3. The van der Waals surface area contributed by atoms with Gasteiger partial charge in [-0.05, 0) is 20.8 Å². The third-order valence-electron chi connectivity index (χ3n) is 2.31. The van der Waals surface area contributed by atoms with Crippen LogP contribution in [-0.4, -0.2) is 17.9 Å². The number of carbonyl (C=O) groups is 3. The molecule has 0 amide bonds. The number of esters is 3. The van der Waals surface area contributed by atoms with Crippen LogP contribution < -0.4 is 0 Å². The largest absolute Gasteiger partial charge is 0.421 e. The van der Waals surface area contributed by atoms with Gasteiger partial charge in [-0.2, -0.15) is 0 Å². The Morgan fingerprint density at radius 3 is 1.71 bits per heavy atom. The molecule has 0 aliphatic heterocycles. The SMILES string of the molecule is C=CC(=O)O/C(C)=C(/OC(=O)C=C)OC(=O)C(C)=C(C)C. The van der Waals surface area contributed by atoms with Crippen molar-refractivity contribution in [3.8, 4) is 0 Å². The van der Waals surface area contributed by atoms with Gasteiger partial charge in [0.15, 0.2) is 5.76 Å². The zero-order valence-electron chi connectivity index (χ0n) is 12.5. The van der Waals surface area contributed by atoms with E-state index < -0.39 is 23.9 Å². The summed E-state index contributed by atoms with van der Waals surface area (Å²) in [4.78, 5) is 34.2. The van der Waals surface area contributed by atoms with Crippen LogP contribution >= 0.6 is 0 Å². The average Bonchev–Trinajstić information content (AvgIpc) is 2.44. The Hall–Kier alpha value is -2.63. The lowest BCUT2D eigenvalue weighted by molar-refractivity contribution is -0.151. The second-order valence-corrected chi connectivity index (χ2v) is 4.11. The van der Waals surface area contributed by atoms with Crippen molar-refractivity contribution in [3.05, 3.63) is 48.2 Å². The van der Waals surface area contributed by atoms with Crippen LogP contribution in [0.4, 0.5) is 0 Å². The van der Waals surface area contributed by atoms with Crippen LogP contribution in [0.25, 0.3) is 0 Å². The monoisotopic (exact) mass is 294 g/mol. The molecule has 0 radical (unpaired) electrons. The summed E-state index contributed by atoms with van der Waals surface area (Å²) in [7, 11) is 0. The topological polar surface area (TPSA) is 78.9 Å². The van der Waals surface area contributed by atoms with Crippen molar-refractivity contribution >= 4 is 17.9 Å². The molecule has 0 aromatic heterocycles. The minimum Gasteiger partial charge on any atom is -0.421 e. The maximum atomic E-state index is 11.8. The molecule has 6 nitrogen and oxygen atoms in total. The molecule has 0 aromatic carbocycles. The molecule has 0 saturated heterocycles. The van der Waals surface area contributed by atoms with Gasteiger partial charge in [-0.3, -0.25) is 0 Å². The number of allylic oxidation sites excluding steroid dienone is 2. The van der Waals surface area contributed by atoms with Crippen molar-refractivity contribution in [2.45, 2.75) is 27.7 Å². The lowest BCUT2D eigenvalue weighted by Gasteiger charge is -2.11. The van der Waals surface area contributed by atoms with Crippen molar-refractivity contribution in [1.29, 1.82) is 0 Å². The third kappa shape index (κ3) is 6.38. The van der Waals surface area contributed by atoms with E-state index >= 15 is 0 Å². The van der Waals surface area contributed by atoms with Gasteiger partial charge >= 0.3 is 23.9 Å². The van der Waals surface area contributed by atoms with E-state index in [0.29, 0.717) is 5.57 Å². The minimum atomic E-state index is -0.860. The van der Waals surface area contributed by atoms with Crippen molar-refractivity contribution < 1.29 is 28.6 Å². The summed E-state index contributed by atoms with van der Waals surface area (Å²) in [6.07, 6.45) is 1.80. The van der Waals surface area contributed by atoms with Crippen LogP contribution in [0, 0.1) is 0 Å². The van der Waals surface area contributed by atoms with Gasteiger partial charge in [0.2, 0.25) is 0 Å². The first-order chi connectivity index (χ1) is 9.72. The fourth-order valence-electron chi connectivity index (χ4n) is 0.897. The first-order valence-corrected chi connectivity index (χ1v) is 5.98. The van der Waals surface area contributed by atoms with Gasteiger partial charge in [0.25, 0.3) is 0 Å². The van der Waals surface area contributed by atoms with Crippen molar-refractivity contribution in [1.82, 2.24) is 0 Å². The molecular formula is C15H18O6. The maximum absolute atomic E-state index is 11.8. The van der Waals surface area contributed by atoms with Crippen LogP contribution in [-0.2, 0) is 28.6 Å². The summed E-state index contributed by atoms with van der Waals surface area (Å²) in [6.45, 7) is 12.7. The number of hydrogen-bond donors (Lipinski definition) is 0. The first kappa shape index (κ1) is 18.4. The molecule has 21 heavy (non-hydrogen) atoms. The summed E-state index contributed by atoms with van der Waals surface area (Å²) in [6, 6.07) is 0. The quantitative estimate of drug-likeness (QED) is 0.425. The van der Waals surface area contributed by atoms with E-state index in [9.17, 15) is 14.4 Å². The van der Waals surface area contributed by atoms with Crippen LogP contribution in [0.1, 0.15) is 27.7 Å². The Morgan fingerprint density at radius 1 is 0.810 bits per heavy atom. The van der Waals surface area contributed by atoms with E-state index in [1.165, 1.54) is 6.92 Å². The summed E-state index contributed by atoms with van der Waals surface area (Å²) in [5.74, 6) is -3.09. The van der Waals surface area contributed by atoms with Crippen LogP contribution in [0.2, 0.25) is 0 Å². The minimum absolute atomic E-state index is 0.190. The van der Waals surface area contributed by atoms with E-state index in [1.54, 1.807) is 20.8 Å². The molecule has 0 fully saturated rings. The van der Waals surface area contributed by atoms with Crippen molar-refractivity contribution in [3.63, 3.8) is 0 Å². The highest BCUT2D eigenvalue weighted by Gasteiger charge is 2.19. The number of carbonyl (C=O) groups excluding carboxylic acids is 3. The zero-order valence-corrected chi connectivity index (χ0v) is 12.5. The molecule has 0 unspecified atom stereocenters. The normalized spacial score (nSPS) is 10.7. The predicted molar refractivity (Wildman–Crippen MR) is 75.4 cm³/mol. The molecule has 0 aliphatic carbocycles. The number of rotatable bonds is 6. The molecule has 114 valence electrons. The standard InChI is InChI=1S/C15H18O6/c1-7-12(16)19-11(6)15(20-13(17)8-2)21-14(18)10(5)9(3)4/h7-8H,1-2H2,3-6H3/b15-11-. The highest BCUT2D eigenvalue weighted by atomic mass is 16.7. The highest BCUT2D eigenvalue weighted by molar-refractivity contribution is 5.89. The Labute approximate surface area is 123 Å². The second kappa shape index (κ2) is 8.52. The summed E-state index contributed by atoms with van der Waals surface area (Å²) >= 11 is 0. The molecule has 0 N–H and O–H groups in total. The van der Waals surface area contributed by atoms with Gasteiger partial charge in [0.05, 0.1) is 0 Å². The Balaban J connectivity index is 5.37. The summed E-state index contributed by atoms with van der Waals surface area (Å²) in [5, 5.41) is 0. The Bertz CT molecular complexity index is 532. The molecule has 0 heterocycles. The molecule has 0 aliphatic rings. The van der Waals surface area contributed by atoms with Crippen molar-refractivity contribution in [2.75, 3.05) is 0 Å². The molecule has 0 atom stereocenters. The third-order valence-corrected chi connectivity index (χ3v) is 2.31. The fraction of sp³-hybridized carbons (Fsp3) is 0.267. The summed E-state index contributed by atoms with van der Waals surface area (Å²) in [5.41, 5.74) is 1.07. The van der Waals surface area contributed by atoms with Gasteiger partial charge in [0, 0.05) is 24.6 Å². The lowest BCUT2D eigenvalue weighted by Crippen LogP contribution is -2.14. The Morgan fingerprint density at radius 2 is 1.29 bits per heavy atom. The molecule has 0 rings (SSSR count). The zero-order chi connectivity index (χ0) is 16.6. The molecule has 0 bridgehead atoms. The van der Waals surface area contributed by atoms with Gasteiger partial charge in [-0.1, -0.05) is 18.7 Å². The van der Waals surface area contributed by atoms with Gasteiger partial charge < -0.3 is 14.2 Å². The lowest BCUT2D eigenvalue weighted by atomic mass is 10.2. The Kier molecular flexibility index (Phi) is 7.46. The number of hydrogen-bond acceptors (Lipinski definition) is 6. The second-order valence-electron chi connectivity index (χ2n) is 4.11. The average molecular weight is 294 g/mol. The highest BCUT2D eigenvalue weighted by Crippen LogP contribution is 2.14. The molecule has 6 heteroatoms. The van der Waals surface area contributed by atoms with Gasteiger partial charge in [-0.25, -0.2) is 14.4 Å². The van der Waals surface area contributed by atoms with Crippen LogP contribution in [0.3, 0.4) is 0 Å². The van der Waals surface area contributed by atoms with Crippen LogP contribution in [0.15, 0.2) is 48.2 Å². The summed E-state index contributed by atoms with van der Waals surface area (Å²) < 4.78 is 14.5. The molecule has 0 aromatic rings. The van der Waals surface area contributed by atoms with E-state index in [4.69, 9.17) is 14.2 Å². The fourth-order valence-corrected chi connectivity index (χ4v) is 0.897. The van der Waals surface area contributed by atoms with E-state index in [1.807, 2.05) is 0 Å². The smallest absolute Gasteiger partial charge is 0.341 e. The molecular weight excluding hydrogens is 276 g/mol. The van der Waals surface area contributed by atoms with Gasteiger partial charge in [0.1, 0.15) is 0 Å². The predicted octanol–water partition coefficient (Wildman–Crippen LogP) is 2.53. The van der Waals surface area contributed by atoms with E-state index in [2.05, 4.69) is 13.2 Å². The molecule has 0 saturated carbocycles. The first-order valence-electron chi connectivity index (χ1n) is 5.98. The maximum Gasteiger partial charge on any atom is 0.341 e. The van der Waals surface area contributed by atoms with E-state index in [0.717, 1.165) is 17.7 Å².